The number of amides is 3. The zero-order valence-corrected chi connectivity index (χ0v) is 16.1. The van der Waals surface area contributed by atoms with Crippen molar-refractivity contribution in [1.29, 1.82) is 0 Å². The third-order valence-corrected chi connectivity index (χ3v) is 4.53. The number of ether oxygens (including phenoxy) is 1. The molecule has 148 valence electrons. The minimum absolute atomic E-state index is 0.136. The van der Waals surface area contributed by atoms with Crippen molar-refractivity contribution in [2.75, 3.05) is 38.1 Å². The topological polar surface area (TPSA) is 92.1 Å². The van der Waals surface area contributed by atoms with Crippen LogP contribution in [-0.2, 0) is 4.74 Å². The van der Waals surface area contributed by atoms with Gasteiger partial charge in [0.1, 0.15) is 0 Å². The fourth-order valence-corrected chi connectivity index (χ4v) is 3.04. The number of carbonyl (C=O) groups excluding carboxylic acids is 3. The van der Waals surface area contributed by atoms with E-state index in [2.05, 4.69) is 5.32 Å². The highest BCUT2D eigenvalue weighted by Crippen LogP contribution is 2.24. The van der Waals surface area contributed by atoms with Crippen LogP contribution in [0.3, 0.4) is 0 Å². The average molecular weight is 406 g/mol. The van der Waals surface area contributed by atoms with Gasteiger partial charge in [0.15, 0.2) is 5.76 Å². The van der Waals surface area contributed by atoms with E-state index in [0.29, 0.717) is 43.5 Å². The van der Waals surface area contributed by atoms with E-state index in [9.17, 15) is 14.4 Å². The molecule has 2 aromatic rings. The predicted octanol–water partition coefficient (Wildman–Crippen LogP) is 3.10. The molecule has 0 radical (unpaired) electrons. The normalized spacial score (nSPS) is 13.9. The Morgan fingerprint density at radius 2 is 1.86 bits per heavy atom. The van der Waals surface area contributed by atoms with Crippen molar-refractivity contribution >= 4 is 35.2 Å². The van der Waals surface area contributed by atoms with Crippen LogP contribution in [0.25, 0.3) is 0 Å². The standard InChI is InChI=1S/C19H20ClN3O5/c1-2-27-19(26)23-9-7-22(8-10-23)18(25)14-12-13(20)5-6-15(14)21-17(24)16-4-3-11-28-16/h3-6,11-12H,2,7-10H2,1H3,(H,21,24). The molecule has 0 saturated carbocycles. The zero-order valence-electron chi connectivity index (χ0n) is 15.3. The fourth-order valence-electron chi connectivity index (χ4n) is 2.87. The maximum absolute atomic E-state index is 13.0. The van der Waals surface area contributed by atoms with Gasteiger partial charge in [-0.1, -0.05) is 11.6 Å². The summed E-state index contributed by atoms with van der Waals surface area (Å²) in [6.45, 7) is 3.51. The SMILES string of the molecule is CCOC(=O)N1CCN(C(=O)c2cc(Cl)ccc2NC(=O)c2ccco2)CC1. The van der Waals surface area contributed by atoms with Gasteiger partial charge in [0, 0.05) is 31.2 Å². The first kappa shape index (κ1) is 19.8. The average Bonchev–Trinajstić information content (AvgIpc) is 3.24. The second-order valence-electron chi connectivity index (χ2n) is 6.10. The van der Waals surface area contributed by atoms with Crippen molar-refractivity contribution in [2.45, 2.75) is 6.92 Å². The first-order valence-corrected chi connectivity index (χ1v) is 9.22. The summed E-state index contributed by atoms with van der Waals surface area (Å²) in [4.78, 5) is 40.2. The van der Waals surface area contributed by atoms with E-state index in [-0.39, 0.29) is 23.3 Å². The van der Waals surface area contributed by atoms with Crippen LogP contribution >= 0.6 is 11.6 Å². The van der Waals surface area contributed by atoms with Crippen molar-refractivity contribution in [3.8, 4) is 0 Å². The number of carbonyl (C=O) groups is 3. The molecular weight excluding hydrogens is 386 g/mol. The quantitative estimate of drug-likeness (QED) is 0.843. The van der Waals surface area contributed by atoms with E-state index in [0.717, 1.165) is 0 Å². The number of nitrogens with zero attached hydrogens (tertiary/aromatic N) is 2. The van der Waals surface area contributed by atoms with Gasteiger partial charge in [0.2, 0.25) is 0 Å². The number of furan rings is 1. The predicted molar refractivity (Wildman–Crippen MR) is 103 cm³/mol. The van der Waals surface area contributed by atoms with E-state index < -0.39 is 5.91 Å². The second kappa shape index (κ2) is 8.79. The Labute approximate surface area is 167 Å². The number of hydrogen-bond donors (Lipinski definition) is 1. The van der Waals surface area contributed by atoms with E-state index in [4.69, 9.17) is 20.8 Å². The molecule has 28 heavy (non-hydrogen) atoms. The molecule has 3 rings (SSSR count). The number of nitrogens with one attached hydrogen (secondary N) is 1. The first-order valence-electron chi connectivity index (χ1n) is 8.85. The van der Waals surface area contributed by atoms with E-state index in [1.165, 1.54) is 18.4 Å². The van der Waals surface area contributed by atoms with Gasteiger partial charge in [0.25, 0.3) is 11.8 Å². The number of hydrogen-bond acceptors (Lipinski definition) is 5. The van der Waals surface area contributed by atoms with Crippen LogP contribution in [0.15, 0.2) is 41.0 Å². The molecule has 3 amide bonds. The van der Waals surface area contributed by atoms with Crippen LogP contribution in [0.5, 0.6) is 0 Å². The van der Waals surface area contributed by atoms with Gasteiger partial charge in [-0.15, -0.1) is 0 Å². The van der Waals surface area contributed by atoms with Crippen molar-refractivity contribution in [2.24, 2.45) is 0 Å². The lowest BCUT2D eigenvalue weighted by molar-refractivity contribution is 0.0571. The maximum Gasteiger partial charge on any atom is 0.409 e. The van der Waals surface area contributed by atoms with E-state index in [1.807, 2.05) is 0 Å². The van der Waals surface area contributed by atoms with Crippen molar-refractivity contribution in [3.05, 3.63) is 52.9 Å². The Hall–Kier alpha value is -3.00. The highest BCUT2D eigenvalue weighted by atomic mass is 35.5. The Morgan fingerprint density at radius 1 is 1.14 bits per heavy atom. The van der Waals surface area contributed by atoms with E-state index in [1.54, 1.807) is 34.9 Å². The summed E-state index contributed by atoms with van der Waals surface area (Å²) in [5, 5.41) is 3.06. The van der Waals surface area contributed by atoms with Gasteiger partial charge in [-0.2, -0.15) is 0 Å². The van der Waals surface area contributed by atoms with Crippen LogP contribution < -0.4 is 5.32 Å². The lowest BCUT2D eigenvalue weighted by atomic mass is 10.1. The van der Waals surface area contributed by atoms with Gasteiger partial charge >= 0.3 is 6.09 Å². The molecule has 1 N–H and O–H groups in total. The number of benzene rings is 1. The van der Waals surface area contributed by atoms with Crippen LogP contribution in [0.2, 0.25) is 5.02 Å². The molecule has 0 spiro atoms. The monoisotopic (exact) mass is 405 g/mol. The Morgan fingerprint density at radius 3 is 2.50 bits per heavy atom. The summed E-state index contributed by atoms with van der Waals surface area (Å²) in [5.41, 5.74) is 0.612. The van der Waals surface area contributed by atoms with Crippen LogP contribution in [0.4, 0.5) is 10.5 Å². The number of rotatable bonds is 4. The third-order valence-electron chi connectivity index (χ3n) is 4.30. The summed E-state index contributed by atoms with van der Waals surface area (Å²) in [7, 11) is 0. The molecule has 1 aromatic carbocycles. The molecule has 0 aliphatic carbocycles. The maximum atomic E-state index is 13.0. The first-order chi connectivity index (χ1) is 13.5. The van der Waals surface area contributed by atoms with Gasteiger partial charge in [-0.3, -0.25) is 9.59 Å². The Balaban J connectivity index is 1.72. The largest absolute Gasteiger partial charge is 0.459 e. The minimum Gasteiger partial charge on any atom is -0.459 e. The number of piperazine rings is 1. The molecule has 2 heterocycles. The smallest absolute Gasteiger partial charge is 0.409 e. The molecule has 0 unspecified atom stereocenters. The van der Waals surface area contributed by atoms with Gasteiger partial charge in [-0.05, 0) is 37.3 Å². The summed E-state index contributed by atoms with van der Waals surface area (Å²) in [6.07, 6.45) is 1.01. The second-order valence-corrected chi connectivity index (χ2v) is 6.54. The number of halogens is 1. The highest BCUT2D eigenvalue weighted by molar-refractivity contribution is 6.31. The lowest BCUT2D eigenvalue weighted by Gasteiger charge is -2.34. The van der Waals surface area contributed by atoms with Crippen LogP contribution in [0.1, 0.15) is 27.8 Å². The molecule has 1 fully saturated rings. The van der Waals surface area contributed by atoms with Gasteiger partial charge in [-0.25, -0.2) is 4.79 Å². The Bertz CT molecular complexity index is 860. The molecule has 1 aliphatic heterocycles. The lowest BCUT2D eigenvalue weighted by Crippen LogP contribution is -2.50. The van der Waals surface area contributed by atoms with Crippen molar-refractivity contribution in [1.82, 2.24) is 9.80 Å². The van der Waals surface area contributed by atoms with Crippen molar-refractivity contribution < 1.29 is 23.5 Å². The number of anilines is 1. The van der Waals surface area contributed by atoms with Crippen molar-refractivity contribution in [3.63, 3.8) is 0 Å². The van der Waals surface area contributed by atoms with Crippen LogP contribution in [-0.4, -0.2) is 60.5 Å². The van der Waals surface area contributed by atoms with Gasteiger partial charge in [0.05, 0.1) is 24.1 Å². The zero-order chi connectivity index (χ0) is 20.1. The Kier molecular flexibility index (Phi) is 6.20. The molecule has 0 atom stereocenters. The van der Waals surface area contributed by atoms with Gasteiger partial charge < -0.3 is 24.3 Å². The summed E-state index contributed by atoms with van der Waals surface area (Å²) >= 11 is 6.06. The molecule has 8 nitrogen and oxygen atoms in total. The minimum atomic E-state index is -0.464. The molecule has 1 aliphatic rings. The third kappa shape index (κ3) is 4.45. The summed E-state index contributed by atoms with van der Waals surface area (Å²) < 4.78 is 10.1. The molecular formula is C19H20ClN3O5. The molecule has 9 heteroatoms. The fraction of sp³-hybridized carbons (Fsp3) is 0.316. The van der Waals surface area contributed by atoms with E-state index >= 15 is 0 Å². The highest BCUT2D eigenvalue weighted by Gasteiger charge is 2.27. The molecule has 0 bridgehead atoms. The molecule has 1 aromatic heterocycles. The molecule has 1 saturated heterocycles. The van der Waals surface area contributed by atoms with Crippen LogP contribution in [0, 0.1) is 0 Å². The summed E-state index contributed by atoms with van der Waals surface area (Å²) in [6, 6.07) is 7.81. The summed E-state index contributed by atoms with van der Waals surface area (Å²) in [5.74, 6) is -0.606.